The van der Waals surface area contributed by atoms with Gasteiger partial charge in [0.1, 0.15) is 5.75 Å². The summed E-state index contributed by atoms with van der Waals surface area (Å²) in [7, 11) is 1.57. The van der Waals surface area contributed by atoms with Crippen molar-refractivity contribution in [3.8, 4) is 5.75 Å². The molecule has 0 aliphatic carbocycles. The molecule has 2 aromatic rings. The third-order valence-corrected chi connectivity index (χ3v) is 4.43. The minimum atomic E-state index is -0.166. The smallest absolute Gasteiger partial charge is 0.230 e. The minimum Gasteiger partial charge on any atom is -0.495 e. The van der Waals surface area contributed by atoms with Gasteiger partial charge in [0.2, 0.25) is 5.91 Å². The molecule has 106 valence electrons. The van der Waals surface area contributed by atoms with Crippen molar-refractivity contribution in [3.63, 3.8) is 0 Å². The number of benzene rings is 1. The van der Waals surface area contributed by atoms with E-state index in [0.717, 1.165) is 8.95 Å². The highest BCUT2D eigenvalue weighted by molar-refractivity contribution is 9.11. The number of thiazole rings is 1. The number of carbonyl (C=O) groups is 1. The normalized spacial score (nSPS) is 10.3. The van der Waals surface area contributed by atoms with Crippen LogP contribution >= 0.6 is 43.2 Å². The van der Waals surface area contributed by atoms with E-state index in [1.807, 2.05) is 6.07 Å². The number of nitrogens with one attached hydrogen (secondary N) is 1. The average molecular weight is 421 g/mol. The summed E-state index contributed by atoms with van der Waals surface area (Å²) >= 11 is 8.08. The Hall–Kier alpha value is -1.12. The fourth-order valence-corrected chi connectivity index (χ4v) is 3.36. The summed E-state index contributed by atoms with van der Waals surface area (Å²) in [5.74, 6) is 0.474. The molecular formula is C12H11Br2N3O2S. The number of hydrogen-bond acceptors (Lipinski definition) is 5. The predicted octanol–water partition coefficient (Wildman–Crippen LogP) is 3.44. The minimum absolute atomic E-state index is 0.166. The molecule has 0 spiro atoms. The first-order valence-electron chi connectivity index (χ1n) is 5.52. The highest BCUT2D eigenvalue weighted by atomic mass is 79.9. The first kappa shape index (κ1) is 15.3. The predicted molar refractivity (Wildman–Crippen MR) is 87.3 cm³/mol. The Labute approximate surface area is 136 Å². The Balaban J connectivity index is 2.11. The quantitative estimate of drug-likeness (QED) is 0.794. The topological polar surface area (TPSA) is 77.2 Å². The number of anilines is 2. The van der Waals surface area contributed by atoms with Gasteiger partial charge < -0.3 is 15.8 Å². The maximum absolute atomic E-state index is 12.0. The van der Waals surface area contributed by atoms with Crippen LogP contribution in [0.4, 0.5) is 10.8 Å². The molecule has 0 fully saturated rings. The molecule has 1 aromatic carbocycles. The number of carbonyl (C=O) groups excluding carboxylic acids is 1. The molecule has 0 aliphatic heterocycles. The number of halogens is 2. The van der Waals surface area contributed by atoms with Crippen molar-refractivity contribution in [2.45, 2.75) is 6.42 Å². The maximum atomic E-state index is 12.0. The zero-order valence-electron chi connectivity index (χ0n) is 10.4. The van der Waals surface area contributed by atoms with Crippen LogP contribution < -0.4 is 15.8 Å². The SMILES string of the molecule is COc1cc(NC(=O)Cc2csc(N)n2)c(Br)cc1Br. The molecule has 1 amide bonds. The zero-order valence-corrected chi connectivity index (χ0v) is 14.4. The van der Waals surface area contributed by atoms with E-state index in [9.17, 15) is 4.79 Å². The summed E-state index contributed by atoms with van der Waals surface area (Å²) in [4.78, 5) is 16.0. The lowest BCUT2D eigenvalue weighted by Crippen LogP contribution is -2.15. The van der Waals surface area contributed by atoms with Gasteiger partial charge in [0.05, 0.1) is 29.4 Å². The zero-order chi connectivity index (χ0) is 14.7. The van der Waals surface area contributed by atoms with E-state index in [0.29, 0.717) is 22.3 Å². The molecule has 0 radical (unpaired) electrons. The van der Waals surface area contributed by atoms with Gasteiger partial charge in [-0.1, -0.05) is 0 Å². The number of nitrogen functional groups attached to an aromatic ring is 1. The van der Waals surface area contributed by atoms with Crippen LogP contribution in [-0.4, -0.2) is 18.0 Å². The van der Waals surface area contributed by atoms with Crippen molar-refractivity contribution in [2.24, 2.45) is 0 Å². The van der Waals surface area contributed by atoms with Gasteiger partial charge in [-0.2, -0.15) is 0 Å². The highest BCUT2D eigenvalue weighted by Crippen LogP contribution is 2.34. The Morgan fingerprint density at radius 1 is 1.45 bits per heavy atom. The van der Waals surface area contributed by atoms with E-state index in [-0.39, 0.29) is 12.3 Å². The van der Waals surface area contributed by atoms with Crippen LogP contribution in [0.15, 0.2) is 26.5 Å². The lowest BCUT2D eigenvalue weighted by atomic mass is 10.2. The van der Waals surface area contributed by atoms with E-state index in [1.165, 1.54) is 11.3 Å². The van der Waals surface area contributed by atoms with Gasteiger partial charge in [-0.3, -0.25) is 4.79 Å². The number of methoxy groups -OCH3 is 1. The summed E-state index contributed by atoms with van der Waals surface area (Å²) in [5.41, 5.74) is 6.83. The number of nitrogens with two attached hydrogens (primary N) is 1. The lowest BCUT2D eigenvalue weighted by Gasteiger charge is -2.10. The van der Waals surface area contributed by atoms with Crippen LogP contribution in [0.3, 0.4) is 0 Å². The van der Waals surface area contributed by atoms with Gasteiger partial charge in [-0.15, -0.1) is 11.3 Å². The number of rotatable bonds is 4. The van der Waals surface area contributed by atoms with E-state index >= 15 is 0 Å². The van der Waals surface area contributed by atoms with Crippen molar-refractivity contribution < 1.29 is 9.53 Å². The first-order valence-corrected chi connectivity index (χ1v) is 7.99. The van der Waals surface area contributed by atoms with E-state index in [4.69, 9.17) is 10.5 Å². The van der Waals surface area contributed by atoms with E-state index in [2.05, 4.69) is 42.2 Å². The highest BCUT2D eigenvalue weighted by Gasteiger charge is 2.12. The second kappa shape index (κ2) is 6.55. The summed E-state index contributed by atoms with van der Waals surface area (Å²) in [6.07, 6.45) is 0.179. The molecule has 0 saturated heterocycles. The maximum Gasteiger partial charge on any atom is 0.230 e. The fraction of sp³-hybridized carbons (Fsp3) is 0.167. The number of nitrogens with zero attached hydrogens (tertiary/aromatic N) is 1. The lowest BCUT2D eigenvalue weighted by molar-refractivity contribution is -0.115. The molecule has 1 heterocycles. The van der Waals surface area contributed by atoms with Crippen molar-refractivity contribution >= 4 is 59.9 Å². The molecule has 0 saturated carbocycles. The fourth-order valence-electron chi connectivity index (χ4n) is 1.54. The second-order valence-electron chi connectivity index (χ2n) is 3.87. The summed E-state index contributed by atoms with van der Waals surface area (Å²) in [6.45, 7) is 0. The molecule has 0 atom stereocenters. The van der Waals surface area contributed by atoms with Crippen LogP contribution in [0, 0.1) is 0 Å². The van der Waals surface area contributed by atoms with Crippen LogP contribution in [0.25, 0.3) is 0 Å². The van der Waals surface area contributed by atoms with E-state index in [1.54, 1.807) is 18.6 Å². The molecule has 2 rings (SSSR count). The van der Waals surface area contributed by atoms with Crippen LogP contribution in [-0.2, 0) is 11.2 Å². The number of hydrogen-bond donors (Lipinski definition) is 2. The van der Waals surface area contributed by atoms with Crippen molar-refractivity contribution in [2.75, 3.05) is 18.2 Å². The van der Waals surface area contributed by atoms with Crippen molar-refractivity contribution in [1.82, 2.24) is 4.98 Å². The van der Waals surface area contributed by atoms with Gasteiger partial charge in [0.15, 0.2) is 5.13 Å². The molecule has 0 bridgehead atoms. The third kappa shape index (κ3) is 3.71. The number of aromatic nitrogens is 1. The largest absolute Gasteiger partial charge is 0.495 e. The van der Waals surface area contributed by atoms with Gasteiger partial charge in [-0.05, 0) is 37.9 Å². The molecular weight excluding hydrogens is 410 g/mol. The van der Waals surface area contributed by atoms with Crippen molar-refractivity contribution in [1.29, 1.82) is 0 Å². The van der Waals surface area contributed by atoms with Gasteiger partial charge >= 0.3 is 0 Å². The first-order chi connectivity index (χ1) is 9.49. The van der Waals surface area contributed by atoms with Crippen LogP contribution in [0.5, 0.6) is 5.75 Å². The van der Waals surface area contributed by atoms with Crippen molar-refractivity contribution in [3.05, 3.63) is 32.2 Å². The van der Waals surface area contributed by atoms with Gasteiger partial charge in [0, 0.05) is 15.9 Å². The van der Waals surface area contributed by atoms with Gasteiger partial charge in [-0.25, -0.2) is 4.98 Å². The molecule has 0 unspecified atom stereocenters. The Bertz CT molecular complexity index is 646. The van der Waals surface area contributed by atoms with Gasteiger partial charge in [0.25, 0.3) is 0 Å². The molecule has 0 aliphatic rings. The second-order valence-corrected chi connectivity index (χ2v) is 6.47. The molecule has 1 aromatic heterocycles. The molecule has 20 heavy (non-hydrogen) atoms. The molecule has 3 N–H and O–H groups in total. The monoisotopic (exact) mass is 419 g/mol. The standard InChI is InChI=1S/C12H11Br2N3O2S/c1-19-10-4-9(7(13)3-8(10)14)17-11(18)2-6-5-20-12(15)16-6/h3-5H,2H2,1H3,(H2,15,16)(H,17,18). The third-order valence-electron chi connectivity index (χ3n) is 2.43. The Morgan fingerprint density at radius 2 is 2.20 bits per heavy atom. The van der Waals surface area contributed by atoms with E-state index < -0.39 is 0 Å². The summed E-state index contributed by atoms with van der Waals surface area (Å²) in [5, 5.41) is 5.03. The van der Waals surface area contributed by atoms with Crippen LogP contribution in [0.1, 0.15) is 5.69 Å². The number of ether oxygens (including phenoxy) is 1. The molecule has 5 nitrogen and oxygen atoms in total. The Kier molecular flexibility index (Phi) is 5.00. The Morgan fingerprint density at radius 3 is 2.80 bits per heavy atom. The average Bonchev–Trinajstić information content (AvgIpc) is 2.78. The molecule has 8 heteroatoms. The summed E-state index contributed by atoms with van der Waals surface area (Å²) in [6, 6.07) is 3.55. The van der Waals surface area contributed by atoms with Crippen LogP contribution in [0.2, 0.25) is 0 Å². The summed E-state index contributed by atoms with van der Waals surface area (Å²) < 4.78 is 6.76. The number of amides is 1.